The quantitative estimate of drug-likeness (QED) is 0.218. The topological polar surface area (TPSA) is 87.7 Å². The lowest BCUT2D eigenvalue weighted by atomic mass is 10.0. The van der Waals surface area contributed by atoms with Gasteiger partial charge in [0.2, 0.25) is 0 Å². The summed E-state index contributed by atoms with van der Waals surface area (Å²) in [6, 6.07) is 23.6. The number of nitrogens with one attached hydrogen (secondary N) is 1. The number of furan rings is 1. The molecule has 0 amide bonds. The standard InChI is InChI=1S/C26H23N5O3S/c1-29(2)18-10-12-19(13-11-18)30-25(24(28-26(30)35)21-5-3-4-16-27-21)23-15-14-22(34-23)17-6-8-20(9-7-17)31(32)33/h3-16,24-25H,1-2H3,(H,28,35)/t24-,25-/m1/s1. The van der Waals surface area contributed by atoms with E-state index in [0.717, 1.165) is 22.6 Å². The number of aromatic nitrogens is 1. The largest absolute Gasteiger partial charge is 0.459 e. The van der Waals surface area contributed by atoms with E-state index in [9.17, 15) is 10.1 Å². The highest BCUT2D eigenvalue weighted by Crippen LogP contribution is 2.43. The highest BCUT2D eigenvalue weighted by atomic mass is 32.1. The maximum Gasteiger partial charge on any atom is 0.269 e. The van der Waals surface area contributed by atoms with Gasteiger partial charge in [0.15, 0.2) is 5.11 Å². The summed E-state index contributed by atoms with van der Waals surface area (Å²) < 4.78 is 6.32. The van der Waals surface area contributed by atoms with Gasteiger partial charge in [-0.25, -0.2) is 0 Å². The molecule has 1 fully saturated rings. The summed E-state index contributed by atoms with van der Waals surface area (Å²) in [4.78, 5) is 19.2. The Labute approximate surface area is 208 Å². The van der Waals surface area contributed by atoms with E-state index in [1.165, 1.54) is 12.1 Å². The number of rotatable bonds is 6. The van der Waals surface area contributed by atoms with Crippen LogP contribution in [0.5, 0.6) is 0 Å². The molecule has 3 heterocycles. The average molecular weight is 486 g/mol. The summed E-state index contributed by atoms with van der Waals surface area (Å²) in [6.45, 7) is 0. The fraction of sp³-hybridized carbons (Fsp3) is 0.154. The first-order chi connectivity index (χ1) is 16.9. The monoisotopic (exact) mass is 485 g/mol. The van der Waals surface area contributed by atoms with Crippen molar-refractivity contribution in [2.75, 3.05) is 23.9 Å². The maximum absolute atomic E-state index is 11.0. The van der Waals surface area contributed by atoms with Crippen LogP contribution in [0.15, 0.2) is 89.5 Å². The van der Waals surface area contributed by atoms with E-state index in [-0.39, 0.29) is 17.8 Å². The minimum absolute atomic E-state index is 0.0356. The first-order valence-corrected chi connectivity index (χ1v) is 11.5. The number of anilines is 2. The lowest BCUT2D eigenvalue weighted by Crippen LogP contribution is -2.29. The summed E-state index contributed by atoms with van der Waals surface area (Å²) >= 11 is 5.77. The van der Waals surface area contributed by atoms with Gasteiger partial charge in [-0.3, -0.25) is 15.1 Å². The van der Waals surface area contributed by atoms with Crippen LogP contribution in [-0.4, -0.2) is 29.1 Å². The zero-order valence-corrected chi connectivity index (χ0v) is 20.0. The number of pyridine rings is 1. The Morgan fingerprint density at radius 2 is 1.77 bits per heavy atom. The summed E-state index contributed by atoms with van der Waals surface area (Å²) in [5, 5.41) is 15.0. The molecule has 1 saturated heterocycles. The molecule has 176 valence electrons. The number of benzene rings is 2. The van der Waals surface area contributed by atoms with Gasteiger partial charge in [-0.2, -0.15) is 0 Å². The van der Waals surface area contributed by atoms with E-state index in [2.05, 4.69) is 10.3 Å². The van der Waals surface area contributed by atoms with Crippen molar-refractivity contribution < 1.29 is 9.34 Å². The molecule has 4 aromatic rings. The van der Waals surface area contributed by atoms with Crippen LogP contribution in [0.2, 0.25) is 0 Å². The smallest absolute Gasteiger partial charge is 0.269 e. The minimum atomic E-state index is -0.417. The molecule has 1 aliphatic heterocycles. The van der Waals surface area contributed by atoms with Crippen LogP contribution in [0.1, 0.15) is 23.5 Å². The van der Waals surface area contributed by atoms with Gasteiger partial charge in [0.1, 0.15) is 17.6 Å². The molecule has 0 bridgehead atoms. The predicted octanol–water partition coefficient (Wildman–Crippen LogP) is 5.49. The van der Waals surface area contributed by atoms with Crippen LogP contribution in [0.3, 0.4) is 0 Å². The number of nitro benzene ring substituents is 1. The van der Waals surface area contributed by atoms with Gasteiger partial charge in [0, 0.05) is 49.4 Å². The molecular formula is C26H23N5O3S. The number of hydrogen-bond donors (Lipinski definition) is 1. The molecule has 8 nitrogen and oxygen atoms in total. The Hall–Kier alpha value is -4.24. The minimum Gasteiger partial charge on any atom is -0.459 e. The van der Waals surface area contributed by atoms with Crippen molar-refractivity contribution in [3.63, 3.8) is 0 Å². The molecular weight excluding hydrogens is 462 g/mol. The third kappa shape index (κ3) is 4.33. The van der Waals surface area contributed by atoms with Gasteiger partial charge in [0.25, 0.3) is 5.69 Å². The molecule has 0 unspecified atom stereocenters. The Kier molecular flexibility index (Phi) is 5.92. The summed E-state index contributed by atoms with van der Waals surface area (Å²) in [5.74, 6) is 1.33. The van der Waals surface area contributed by atoms with Gasteiger partial charge < -0.3 is 19.5 Å². The number of non-ortho nitro benzene ring substituents is 1. The van der Waals surface area contributed by atoms with E-state index >= 15 is 0 Å². The van der Waals surface area contributed by atoms with Gasteiger partial charge in [0.05, 0.1) is 16.7 Å². The molecule has 35 heavy (non-hydrogen) atoms. The zero-order valence-electron chi connectivity index (χ0n) is 19.2. The van der Waals surface area contributed by atoms with E-state index in [0.29, 0.717) is 16.6 Å². The van der Waals surface area contributed by atoms with Gasteiger partial charge in [-0.1, -0.05) is 6.07 Å². The number of nitro groups is 1. The molecule has 9 heteroatoms. The van der Waals surface area contributed by atoms with Gasteiger partial charge in [-0.05, 0) is 72.9 Å². The van der Waals surface area contributed by atoms with Crippen LogP contribution in [-0.2, 0) is 0 Å². The SMILES string of the molecule is CN(C)c1ccc(N2C(=S)N[C@H](c3ccccn3)[C@H]2c2ccc(-c3ccc([N+](=O)[O-])cc3)o2)cc1. The molecule has 5 rings (SSSR count). The van der Waals surface area contributed by atoms with Crippen LogP contribution in [0, 0.1) is 10.1 Å². The van der Waals surface area contributed by atoms with Crippen molar-refractivity contribution in [1.82, 2.24) is 10.3 Å². The Morgan fingerprint density at radius 3 is 2.40 bits per heavy atom. The lowest BCUT2D eigenvalue weighted by molar-refractivity contribution is -0.384. The molecule has 0 spiro atoms. The van der Waals surface area contributed by atoms with Crippen molar-refractivity contribution in [3.05, 3.63) is 107 Å². The summed E-state index contributed by atoms with van der Waals surface area (Å²) in [7, 11) is 4.00. The highest BCUT2D eigenvalue weighted by Gasteiger charge is 2.42. The number of nitrogens with zero attached hydrogens (tertiary/aromatic N) is 4. The van der Waals surface area contributed by atoms with Gasteiger partial charge >= 0.3 is 0 Å². The van der Waals surface area contributed by atoms with E-state index in [1.54, 1.807) is 18.3 Å². The predicted molar refractivity (Wildman–Crippen MR) is 139 cm³/mol. The Bertz CT molecular complexity index is 1350. The van der Waals surface area contributed by atoms with Crippen molar-refractivity contribution in [1.29, 1.82) is 0 Å². The van der Waals surface area contributed by atoms with E-state index in [4.69, 9.17) is 16.6 Å². The van der Waals surface area contributed by atoms with Crippen molar-refractivity contribution >= 4 is 34.4 Å². The van der Waals surface area contributed by atoms with Crippen molar-refractivity contribution in [3.8, 4) is 11.3 Å². The number of thiocarbonyl (C=S) groups is 1. The normalized spacial score (nSPS) is 17.3. The molecule has 2 atom stereocenters. The zero-order chi connectivity index (χ0) is 24.5. The van der Waals surface area contributed by atoms with Crippen LogP contribution in [0.25, 0.3) is 11.3 Å². The van der Waals surface area contributed by atoms with Crippen LogP contribution >= 0.6 is 12.2 Å². The third-order valence-electron chi connectivity index (χ3n) is 6.02. The van der Waals surface area contributed by atoms with E-state index in [1.807, 2.05) is 78.5 Å². The van der Waals surface area contributed by atoms with Crippen LogP contribution < -0.4 is 15.1 Å². The summed E-state index contributed by atoms with van der Waals surface area (Å²) in [6.07, 6.45) is 1.76. The first kappa shape index (κ1) is 22.5. The molecule has 2 aromatic heterocycles. The van der Waals surface area contributed by atoms with Crippen molar-refractivity contribution in [2.24, 2.45) is 0 Å². The fourth-order valence-electron chi connectivity index (χ4n) is 4.25. The fourth-order valence-corrected chi connectivity index (χ4v) is 4.59. The molecule has 1 N–H and O–H groups in total. The first-order valence-electron chi connectivity index (χ1n) is 11.0. The molecule has 0 aliphatic carbocycles. The molecule has 0 radical (unpaired) electrons. The van der Waals surface area contributed by atoms with E-state index < -0.39 is 4.92 Å². The second kappa shape index (κ2) is 9.19. The average Bonchev–Trinajstić information content (AvgIpc) is 3.49. The van der Waals surface area contributed by atoms with Crippen LogP contribution in [0.4, 0.5) is 17.1 Å². The lowest BCUT2D eigenvalue weighted by Gasteiger charge is -2.26. The second-order valence-corrected chi connectivity index (χ2v) is 8.80. The van der Waals surface area contributed by atoms with Gasteiger partial charge in [-0.15, -0.1) is 0 Å². The Morgan fingerprint density at radius 1 is 1.03 bits per heavy atom. The Balaban J connectivity index is 1.55. The second-order valence-electron chi connectivity index (χ2n) is 8.41. The maximum atomic E-state index is 11.0. The summed E-state index contributed by atoms with van der Waals surface area (Å²) in [5.41, 5.74) is 3.66. The van der Waals surface area contributed by atoms with Crippen molar-refractivity contribution in [2.45, 2.75) is 12.1 Å². The third-order valence-corrected chi connectivity index (χ3v) is 6.34. The molecule has 1 aliphatic rings. The highest BCUT2D eigenvalue weighted by molar-refractivity contribution is 7.80. The molecule has 2 aromatic carbocycles. The number of hydrogen-bond acceptors (Lipinski definition) is 6. The molecule has 0 saturated carbocycles.